The predicted octanol–water partition coefficient (Wildman–Crippen LogP) is 4.06. The Morgan fingerprint density at radius 1 is 1.07 bits per heavy atom. The largest absolute Gasteiger partial charge is 0.497 e. The third-order valence-electron chi connectivity index (χ3n) is 4.62. The lowest BCUT2D eigenvalue weighted by molar-refractivity contribution is -0.116. The van der Waals surface area contributed by atoms with Gasteiger partial charge in [-0.25, -0.2) is 8.42 Å². The molecule has 5 nitrogen and oxygen atoms in total. The molecule has 1 aromatic heterocycles. The van der Waals surface area contributed by atoms with Crippen LogP contribution in [0.15, 0.2) is 69.8 Å². The van der Waals surface area contributed by atoms with Gasteiger partial charge in [-0.3, -0.25) is 4.79 Å². The van der Waals surface area contributed by atoms with Gasteiger partial charge in [0.2, 0.25) is 15.7 Å². The van der Waals surface area contributed by atoms with Gasteiger partial charge in [-0.15, -0.1) is 11.3 Å². The van der Waals surface area contributed by atoms with E-state index in [1.165, 1.54) is 30.6 Å². The van der Waals surface area contributed by atoms with Crippen LogP contribution >= 0.6 is 11.3 Å². The summed E-state index contributed by atoms with van der Waals surface area (Å²) in [6, 6.07) is 15.9. The van der Waals surface area contributed by atoms with E-state index in [1.807, 2.05) is 30.3 Å². The van der Waals surface area contributed by atoms with Crippen LogP contribution in [-0.4, -0.2) is 21.4 Å². The predicted molar refractivity (Wildman–Crippen MR) is 104 cm³/mol. The van der Waals surface area contributed by atoms with Crippen molar-refractivity contribution in [3.05, 3.63) is 70.4 Å². The van der Waals surface area contributed by atoms with E-state index in [-0.39, 0.29) is 21.6 Å². The number of rotatable bonds is 4. The highest BCUT2D eigenvalue weighted by Crippen LogP contribution is 2.45. The Kier molecular flexibility index (Phi) is 4.49. The van der Waals surface area contributed by atoms with Crippen LogP contribution in [0.4, 0.5) is 5.69 Å². The number of sulfone groups is 1. The zero-order chi connectivity index (χ0) is 19.0. The Bertz CT molecular complexity index is 1090. The average Bonchev–Trinajstić information content (AvgIpc) is 3.12. The zero-order valence-corrected chi connectivity index (χ0v) is 16.1. The van der Waals surface area contributed by atoms with Gasteiger partial charge in [0.25, 0.3) is 0 Å². The molecule has 0 fully saturated rings. The smallest absolute Gasteiger partial charge is 0.225 e. The molecule has 1 aliphatic heterocycles. The molecule has 2 heterocycles. The summed E-state index contributed by atoms with van der Waals surface area (Å²) in [5, 5.41) is 4.39. The maximum Gasteiger partial charge on any atom is 0.225 e. The van der Waals surface area contributed by atoms with Crippen molar-refractivity contribution in [1.29, 1.82) is 0 Å². The summed E-state index contributed by atoms with van der Waals surface area (Å²) in [4.78, 5) is 13.5. The molecule has 3 aromatic rings. The summed E-state index contributed by atoms with van der Waals surface area (Å²) < 4.78 is 31.4. The van der Waals surface area contributed by atoms with E-state index in [4.69, 9.17) is 4.74 Å². The summed E-state index contributed by atoms with van der Waals surface area (Å²) in [6.07, 6.45) is 0.305. The topological polar surface area (TPSA) is 72.5 Å². The number of thiophene rings is 1. The first-order valence-electron chi connectivity index (χ1n) is 8.36. The Hall–Kier alpha value is -2.64. The average molecular weight is 399 g/mol. The van der Waals surface area contributed by atoms with Gasteiger partial charge < -0.3 is 10.1 Å². The molecule has 0 radical (unpaired) electrons. The molecule has 0 spiro atoms. The van der Waals surface area contributed by atoms with E-state index in [2.05, 4.69) is 5.32 Å². The van der Waals surface area contributed by atoms with Crippen LogP contribution in [0.5, 0.6) is 5.75 Å². The summed E-state index contributed by atoms with van der Waals surface area (Å²) in [5.74, 6) is 0.263. The molecular weight excluding hydrogens is 382 g/mol. The molecule has 138 valence electrons. The minimum absolute atomic E-state index is 0.139. The van der Waals surface area contributed by atoms with Gasteiger partial charge >= 0.3 is 0 Å². The lowest BCUT2D eigenvalue weighted by Gasteiger charge is -2.23. The number of benzene rings is 2. The van der Waals surface area contributed by atoms with Gasteiger partial charge in [0.1, 0.15) is 10.6 Å². The van der Waals surface area contributed by atoms with Crippen LogP contribution in [0, 0.1) is 0 Å². The Labute approximate surface area is 161 Å². The normalized spacial score (nSPS) is 16.5. The number of hydrogen-bond donors (Lipinski definition) is 1. The van der Waals surface area contributed by atoms with Gasteiger partial charge in [-0.05, 0) is 29.8 Å². The lowest BCUT2D eigenvalue weighted by Crippen LogP contribution is -2.23. The van der Waals surface area contributed by atoms with Gasteiger partial charge in [0.05, 0.1) is 17.7 Å². The molecule has 0 unspecified atom stereocenters. The van der Waals surface area contributed by atoms with Crippen LogP contribution in [-0.2, 0) is 14.6 Å². The number of fused-ring (bicyclic) bond motifs is 1. The summed E-state index contributed by atoms with van der Waals surface area (Å²) in [5.41, 5.74) is 1.41. The van der Waals surface area contributed by atoms with Gasteiger partial charge in [0, 0.05) is 22.6 Å². The first kappa shape index (κ1) is 17.8. The maximum atomic E-state index is 13.1. The first-order valence-corrected chi connectivity index (χ1v) is 10.7. The number of ether oxygens (including phenoxy) is 1. The van der Waals surface area contributed by atoms with Gasteiger partial charge in [-0.2, -0.15) is 0 Å². The monoisotopic (exact) mass is 399 g/mol. The Morgan fingerprint density at radius 3 is 2.44 bits per heavy atom. The van der Waals surface area contributed by atoms with Crippen molar-refractivity contribution in [2.75, 3.05) is 12.4 Å². The maximum absolute atomic E-state index is 13.1. The third-order valence-corrected chi connectivity index (χ3v) is 7.66. The highest BCUT2D eigenvalue weighted by Gasteiger charge is 2.34. The van der Waals surface area contributed by atoms with Crippen molar-refractivity contribution in [3.63, 3.8) is 0 Å². The molecule has 1 amide bonds. The van der Waals surface area contributed by atoms with Crippen LogP contribution in [0.25, 0.3) is 0 Å². The van der Waals surface area contributed by atoms with E-state index in [0.717, 1.165) is 10.4 Å². The third kappa shape index (κ3) is 3.13. The van der Waals surface area contributed by atoms with Crippen LogP contribution in [0.1, 0.15) is 22.8 Å². The first-order chi connectivity index (χ1) is 13.0. The standard InChI is InChI=1S/C20H17NO4S2/c1-25-14-7-9-15(10-8-14)27(23,24)17-12-26-20-16(11-18(22)21-19(17)20)13-5-3-2-4-6-13/h2-10,12,16H,11H2,1H3,(H,21,22)/t16-/m0/s1. The Balaban J connectivity index is 1.80. The van der Waals surface area contributed by atoms with E-state index in [9.17, 15) is 13.2 Å². The van der Waals surface area contributed by atoms with Crippen LogP contribution in [0.3, 0.4) is 0 Å². The van der Waals surface area contributed by atoms with E-state index in [0.29, 0.717) is 17.9 Å². The van der Waals surface area contributed by atoms with Crippen LogP contribution in [0.2, 0.25) is 0 Å². The van der Waals surface area contributed by atoms with Crippen molar-refractivity contribution in [1.82, 2.24) is 0 Å². The minimum atomic E-state index is -3.75. The van der Waals surface area contributed by atoms with Crippen molar-refractivity contribution in [2.45, 2.75) is 22.1 Å². The fourth-order valence-corrected chi connectivity index (χ4v) is 6.15. The van der Waals surface area contributed by atoms with Gasteiger partial charge in [0.15, 0.2) is 0 Å². The molecule has 1 N–H and O–H groups in total. The molecule has 0 saturated carbocycles. The zero-order valence-electron chi connectivity index (χ0n) is 14.5. The lowest BCUT2D eigenvalue weighted by atomic mass is 9.91. The fraction of sp³-hybridized carbons (Fsp3) is 0.150. The molecular formula is C20H17NO4S2. The van der Waals surface area contributed by atoms with Crippen molar-refractivity contribution in [3.8, 4) is 5.75 Å². The highest BCUT2D eigenvalue weighted by atomic mass is 32.2. The van der Waals surface area contributed by atoms with Gasteiger partial charge in [-0.1, -0.05) is 30.3 Å². The second-order valence-electron chi connectivity index (χ2n) is 6.23. The Morgan fingerprint density at radius 2 is 1.78 bits per heavy atom. The van der Waals surface area contributed by atoms with Crippen molar-refractivity contribution in [2.24, 2.45) is 0 Å². The number of nitrogens with one attached hydrogen (secondary N) is 1. The molecule has 2 aromatic carbocycles. The van der Waals surface area contributed by atoms with Crippen molar-refractivity contribution >= 4 is 32.8 Å². The number of carbonyl (C=O) groups is 1. The molecule has 7 heteroatoms. The SMILES string of the molecule is COc1ccc(S(=O)(=O)c2csc3c2NC(=O)C[C@H]3c2ccccc2)cc1. The highest BCUT2D eigenvalue weighted by molar-refractivity contribution is 7.91. The fourth-order valence-electron chi connectivity index (χ4n) is 3.24. The molecule has 0 bridgehead atoms. The quantitative estimate of drug-likeness (QED) is 0.718. The van der Waals surface area contributed by atoms with E-state index < -0.39 is 9.84 Å². The molecule has 1 atom stereocenters. The molecule has 27 heavy (non-hydrogen) atoms. The summed E-state index contributed by atoms with van der Waals surface area (Å²) in [7, 11) is -2.23. The molecule has 4 rings (SSSR count). The molecule has 0 saturated heterocycles. The van der Waals surface area contributed by atoms with E-state index >= 15 is 0 Å². The molecule has 1 aliphatic rings. The summed E-state index contributed by atoms with van der Waals surface area (Å²) >= 11 is 1.37. The molecule has 0 aliphatic carbocycles. The second-order valence-corrected chi connectivity index (χ2v) is 9.06. The summed E-state index contributed by atoms with van der Waals surface area (Å²) in [6.45, 7) is 0. The van der Waals surface area contributed by atoms with Crippen molar-refractivity contribution < 1.29 is 17.9 Å². The number of amides is 1. The number of hydrogen-bond acceptors (Lipinski definition) is 5. The number of methoxy groups -OCH3 is 1. The van der Waals surface area contributed by atoms with E-state index in [1.54, 1.807) is 17.5 Å². The minimum Gasteiger partial charge on any atom is -0.497 e. The second kappa shape index (κ2) is 6.83. The van der Waals surface area contributed by atoms with Crippen LogP contribution < -0.4 is 10.1 Å². The number of carbonyl (C=O) groups excluding carboxylic acids is 1. The number of anilines is 1.